The molecule has 0 N–H and O–H groups in total. The van der Waals surface area contributed by atoms with Crippen LogP contribution >= 0.6 is 11.6 Å². The van der Waals surface area contributed by atoms with Crippen molar-refractivity contribution < 1.29 is 9.90 Å². The number of rotatable bonds is 3. The SMILES string of the molecule is [2H]c1c([2H])c([2H])c2c(oc3c(-c4nc(Cl)nc(-c5ccc(-c6ccccc6)cc5)n4)cccc32)c1[2H]. The fourth-order valence-electron chi connectivity index (χ4n) is 3.73. The Hall–Kier alpha value is -4.02. The molecule has 0 radical (unpaired) electrons. The Kier molecular flexibility index (Phi) is 3.53. The molecule has 5 heteroatoms. The van der Waals surface area contributed by atoms with Gasteiger partial charge >= 0.3 is 0 Å². The summed E-state index contributed by atoms with van der Waals surface area (Å²) < 4.78 is 38.6. The number of nitrogens with zero attached hydrogens (tertiary/aromatic N) is 3. The highest BCUT2D eigenvalue weighted by Crippen LogP contribution is 2.35. The molecule has 0 amide bonds. The van der Waals surface area contributed by atoms with E-state index < -0.39 is 0 Å². The van der Waals surface area contributed by atoms with Crippen molar-refractivity contribution in [3.63, 3.8) is 0 Å². The van der Waals surface area contributed by atoms with E-state index in [4.69, 9.17) is 21.5 Å². The highest BCUT2D eigenvalue weighted by atomic mass is 35.5. The van der Waals surface area contributed by atoms with Crippen LogP contribution in [-0.2, 0) is 0 Å². The molecule has 0 aliphatic rings. The maximum absolute atomic E-state index is 8.35. The van der Waals surface area contributed by atoms with Crippen LogP contribution in [0.15, 0.2) is 101 Å². The van der Waals surface area contributed by atoms with Gasteiger partial charge in [0.2, 0.25) is 5.28 Å². The summed E-state index contributed by atoms with van der Waals surface area (Å²) in [5.74, 6) is 0.666. The van der Waals surface area contributed by atoms with Crippen LogP contribution in [0.2, 0.25) is 5.28 Å². The van der Waals surface area contributed by atoms with Crippen molar-refractivity contribution in [2.24, 2.45) is 0 Å². The number of hydrogen-bond donors (Lipinski definition) is 0. The Labute approximate surface area is 194 Å². The maximum atomic E-state index is 8.35. The third kappa shape index (κ3) is 3.22. The van der Waals surface area contributed by atoms with Crippen molar-refractivity contribution in [2.45, 2.75) is 0 Å². The second kappa shape index (κ2) is 7.59. The lowest BCUT2D eigenvalue weighted by molar-refractivity contribution is 0.669. The Balaban J connectivity index is 1.50. The van der Waals surface area contributed by atoms with Crippen molar-refractivity contribution in [3.8, 4) is 33.9 Å². The smallest absolute Gasteiger partial charge is 0.226 e. The van der Waals surface area contributed by atoms with Gasteiger partial charge in [0.15, 0.2) is 11.6 Å². The van der Waals surface area contributed by atoms with Crippen LogP contribution in [0.5, 0.6) is 0 Å². The zero-order valence-electron chi connectivity index (χ0n) is 20.6. The van der Waals surface area contributed by atoms with Crippen molar-refractivity contribution in [2.75, 3.05) is 0 Å². The molecule has 0 aliphatic carbocycles. The maximum Gasteiger partial charge on any atom is 0.226 e. The number of benzene rings is 4. The van der Waals surface area contributed by atoms with Gasteiger partial charge in [0.1, 0.15) is 11.2 Å². The number of halogens is 1. The number of aromatic nitrogens is 3. The zero-order chi connectivity index (χ0) is 25.0. The molecule has 152 valence electrons. The van der Waals surface area contributed by atoms with Gasteiger partial charge in [-0.3, -0.25) is 0 Å². The third-order valence-electron chi connectivity index (χ3n) is 5.24. The van der Waals surface area contributed by atoms with Crippen LogP contribution in [0.3, 0.4) is 0 Å². The third-order valence-corrected chi connectivity index (χ3v) is 5.41. The van der Waals surface area contributed by atoms with E-state index in [9.17, 15) is 0 Å². The lowest BCUT2D eigenvalue weighted by Gasteiger charge is -2.07. The minimum atomic E-state index is -0.349. The molecule has 2 heterocycles. The summed E-state index contributed by atoms with van der Waals surface area (Å²) >= 11 is 6.30. The molecule has 0 saturated carbocycles. The molecular formula is C27H16ClN3O. The normalized spacial score (nSPS) is 13.0. The lowest BCUT2D eigenvalue weighted by Crippen LogP contribution is -1.97. The van der Waals surface area contributed by atoms with E-state index in [1.165, 1.54) is 0 Å². The Morgan fingerprint density at radius 3 is 2.22 bits per heavy atom. The molecule has 6 aromatic rings. The van der Waals surface area contributed by atoms with E-state index in [2.05, 4.69) is 15.0 Å². The minimum Gasteiger partial charge on any atom is -0.455 e. The average Bonchev–Trinajstić information content (AvgIpc) is 3.31. The van der Waals surface area contributed by atoms with E-state index in [0.717, 1.165) is 16.7 Å². The molecule has 0 saturated heterocycles. The Morgan fingerprint density at radius 2 is 1.38 bits per heavy atom. The van der Waals surface area contributed by atoms with Crippen LogP contribution in [0, 0.1) is 0 Å². The van der Waals surface area contributed by atoms with Gasteiger partial charge < -0.3 is 4.42 Å². The highest BCUT2D eigenvalue weighted by Gasteiger charge is 2.16. The van der Waals surface area contributed by atoms with Crippen LogP contribution in [0.4, 0.5) is 0 Å². The van der Waals surface area contributed by atoms with E-state index >= 15 is 0 Å². The first-order chi connectivity index (χ1) is 17.4. The number of fused-ring (bicyclic) bond motifs is 3. The van der Waals surface area contributed by atoms with Crippen molar-refractivity contribution >= 4 is 33.5 Å². The second-order valence-electron chi connectivity index (χ2n) is 7.18. The monoisotopic (exact) mass is 437 g/mol. The number of hydrogen-bond acceptors (Lipinski definition) is 4. The molecule has 0 unspecified atom stereocenters. The Bertz CT molecular complexity index is 1790. The molecule has 2 aromatic heterocycles. The first kappa shape index (κ1) is 14.9. The lowest BCUT2D eigenvalue weighted by atomic mass is 10.0. The van der Waals surface area contributed by atoms with Crippen molar-refractivity contribution in [3.05, 3.63) is 102 Å². The summed E-state index contributed by atoms with van der Waals surface area (Å²) in [7, 11) is 0. The molecule has 0 atom stereocenters. The predicted octanol–water partition coefficient (Wildman–Crippen LogP) is 7.43. The summed E-state index contributed by atoms with van der Waals surface area (Å²) in [5.41, 5.74) is 3.87. The largest absolute Gasteiger partial charge is 0.455 e. The average molecular weight is 438 g/mol. The number of para-hydroxylation sites is 2. The molecule has 0 bridgehead atoms. The molecule has 0 fully saturated rings. The van der Waals surface area contributed by atoms with E-state index in [1.54, 1.807) is 18.2 Å². The molecular weight excluding hydrogens is 418 g/mol. The predicted molar refractivity (Wildman–Crippen MR) is 128 cm³/mol. The molecule has 4 nitrogen and oxygen atoms in total. The summed E-state index contributed by atoms with van der Waals surface area (Å²) in [5, 5.41) is 0.869. The van der Waals surface area contributed by atoms with Gasteiger partial charge in [-0.1, -0.05) is 84.9 Å². The van der Waals surface area contributed by atoms with Gasteiger partial charge in [0, 0.05) is 16.3 Å². The fourth-order valence-corrected chi connectivity index (χ4v) is 3.89. The Morgan fingerprint density at radius 1 is 0.656 bits per heavy atom. The van der Waals surface area contributed by atoms with Gasteiger partial charge in [0.25, 0.3) is 0 Å². The summed E-state index contributed by atoms with van der Waals surface area (Å²) in [6, 6.07) is 22.1. The topological polar surface area (TPSA) is 51.8 Å². The van der Waals surface area contributed by atoms with E-state index in [0.29, 0.717) is 27.7 Å². The van der Waals surface area contributed by atoms with Crippen LogP contribution in [0.25, 0.3) is 55.8 Å². The molecule has 0 aliphatic heterocycles. The standard InChI is InChI=1S/C27H16ClN3O/c28-27-30-25(19-15-13-18(14-16-19)17-7-2-1-3-8-17)29-26(31-27)22-11-6-10-21-20-9-4-5-12-23(20)32-24(21)22/h1-16H/i4D,5D,9D,12D. The first-order valence-corrected chi connectivity index (χ1v) is 10.3. The number of furan rings is 1. The zero-order valence-corrected chi connectivity index (χ0v) is 17.3. The van der Waals surface area contributed by atoms with Gasteiger partial charge in [0.05, 0.1) is 11.0 Å². The van der Waals surface area contributed by atoms with Gasteiger partial charge in [-0.25, -0.2) is 4.98 Å². The van der Waals surface area contributed by atoms with Gasteiger partial charge in [-0.15, -0.1) is 0 Å². The van der Waals surface area contributed by atoms with E-state index in [-0.39, 0.29) is 40.9 Å². The summed E-state index contributed by atoms with van der Waals surface area (Å²) in [6.45, 7) is 0. The quantitative estimate of drug-likeness (QED) is 0.289. The van der Waals surface area contributed by atoms with Gasteiger partial charge in [-0.2, -0.15) is 9.97 Å². The minimum absolute atomic E-state index is 0.0134. The molecule has 4 aromatic carbocycles. The fraction of sp³-hybridized carbons (Fsp3) is 0. The van der Waals surface area contributed by atoms with E-state index in [1.807, 2.05) is 54.6 Å². The second-order valence-corrected chi connectivity index (χ2v) is 7.52. The van der Waals surface area contributed by atoms with Gasteiger partial charge in [-0.05, 0) is 34.8 Å². The molecule has 0 spiro atoms. The summed E-state index contributed by atoms with van der Waals surface area (Å²) in [6.07, 6.45) is 0. The molecule has 32 heavy (non-hydrogen) atoms. The summed E-state index contributed by atoms with van der Waals surface area (Å²) in [4.78, 5) is 13.3. The van der Waals surface area contributed by atoms with Crippen molar-refractivity contribution in [1.82, 2.24) is 15.0 Å². The first-order valence-electron chi connectivity index (χ1n) is 11.9. The van der Waals surface area contributed by atoms with Crippen LogP contribution < -0.4 is 0 Å². The van der Waals surface area contributed by atoms with Crippen LogP contribution in [-0.4, -0.2) is 15.0 Å². The van der Waals surface area contributed by atoms with Crippen LogP contribution in [0.1, 0.15) is 5.48 Å². The molecule has 6 rings (SSSR count). The highest BCUT2D eigenvalue weighted by molar-refractivity contribution is 6.28. The van der Waals surface area contributed by atoms with Crippen molar-refractivity contribution in [1.29, 1.82) is 0 Å².